The first-order chi connectivity index (χ1) is 7.66. The molecule has 0 aromatic heterocycles. The number of anilines is 1. The number of hydrogen-bond acceptors (Lipinski definition) is 2. The van der Waals surface area contributed by atoms with Gasteiger partial charge in [-0.15, -0.1) is 0 Å². The van der Waals surface area contributed by atoms with Crippen LogP contribution in [0, 0.1) is 11.7 Å². The van der Waals surface area contributed by atoms with E-state index in [-0.39, 0.29) is 11.8 Å². The van der Waals surface area contributed by atoms with E-state index in [0.29, 0.717) is 5.69 Å². The third kappa shape index (κ3) is 2.21. The number of halogens is 1. The van der Waals surface area contributed by atoms with E-state index < -0.39 is 11.6 Å². The van der Waals surface area contributed by atoms with Crippen LogP contribution in [0.1, 0.15) is 12.8 Å². The van der Waals surface area contributed by atoms with Crippen molar-refractivity contribution in [3.8, 4) is 5.75 Å². The topological polar surface area (TPSA) is 49.3 Å². The number of amides is 1. The van der Waals surface area contributed by atoms with Crippen molar-refractivity contribution in [2.45, 2.75) is 12.8 Å². The Kier molecular flexibility index (Phi) is 2.90. The summed E-state index contributed by atoms with van der Waals surface area (Å²) < 4.78 is 13.0. The molecule has 0 heterocycles. The molecule has 0 unspecified atom stereocenters. The zero-order valence-electron chi connectivity index (χ0n) is 8.61. The molecule has 0 aliphatic heterocycles. The standard InChI is InChI=1S/C12H12FNO2/c13-10-7-9(5-6-11(10)15)14-12(16)8-3-1-2-4-8/h1-2,5-8,15H,3-4H2,(H,14,16). The maximum absolute atomic E-state index is 13.0. The molecule has 0 bridgehead atoms. The molecule has 1 aliphatic rings. The quantitative estimate of drug-likeness (QED) is 0.595. The van der Waals surface area contributed by atoms with Crippen molar-refractivity contribution >= 4 is 11.6 Å². The van der Waals surface area contributed by atoms with E-state index in [1.54, 1.807) is 0 Å². The van der Waals surface area contributed by atoms with Crippen molar-refractivity contribution in [1.29, 1.82) is 0 Å². The highest BCUT2D eigenvalue weighted by Crippen LogP contribution is 2.22. The Morgan fingerprint density at radius 3 is 2.69 bits per heavy atom. The fourth-order valence-electron chi connectivity index (χ4n) is 1.66. The molecule has 4 heteroatoms. The predicted octanol–water partition coefficient (Wildman–Crippen LogP) is 2.44. The molecular formula is C12H12FNO2. The third-order valence-electron chi connectivity index (χ3n) is 2.59. The molecule has 0 saturated carbocycles. The molecule has 1 aromatic rings. The molecule has 1 aromatic carbocycles. The second-order valence-corrected chi connectivity index (χ2v) is 3.80. The van der Waals surface area contributed by atoms with E-state index >= 15 is 0 Å². The Morgan fingerprint density at radius 2 is 2.06 bits per heavy atom. The van der Waals surface area contributed by atoms with E-state index in [4.69, 9.17) is 5.11 Å². The van der Waals surface area contributed by atoms with Crippen molar-refractivity contribution in [3.63, 3.8) is 0 Å². The van der Waals surface area contributed by atoms with E-state index in [0.717, 1.165) is 18.9 Å². The summed E-state index contributed by atoms with van der Waals surface area (Å²) in [6.45, 7) is 0. The van der Waals surface area contributed by atoms with Gasteiger partial charge in [0.15, 0.2) is 11.6 Å². The van der Waals surface area contributed by atoms with Gasteiger partial charge in [-0.2, -0.15) is 0 Å². The molecule has 0 atom stereocenters. The number of rotatable bonds is 2. The van der Waals surface area contributed by atoms with Gasteiger partial charge in [0.2, 0.25) is 5.91 Å². The molecule has 0 spiro atoms. The number of aromatic hydroxyl groups is 1. The van der Waals surface area contributed by atoms with Crippen LogP contribution in [0.4, 0.5) is 10.1 Å². The van der Waals surface area contributed by atoms with Crippen LogP contribution in [0.5, 0.6) is 5.75 Å². The highest BCUT2D eigenvalue weighted by atomic mass is 19.1. The van der Waals surface area contributed by atoms with Gasteiger partial charge >= 0.3 is 0 Å². The van der Waals surface area contributed by atoms with Crippen LogP contribution in [-0.4, -0.2) is 11.0 Å². The average Bonchev–Trinajstić information content (AvgIpc) is 2.77. The number of carbonyl (C=O) groups excluding carboxylic acids is 1. The number of phenolic OH excluding ortho intramolecular Hbond substituents is 1. The summed E-state index contributed by atoms with van der Waals surface area (Å²) >= 11 is 0. The van der Waals surface area contributed by atoms with Crippen LogP contribution < -0.4 is 5.32 Å². The second-order valence-electron chi connectivity index (χ2n) is 3.80. The summed E-state index contributed by atoms with van der Waals surface area (Å²) in [6, 6.07) is 3.80. The Morgan fingerprint density at radius 1 is 1.38 bits per heavy atom. The molecule has 84 valence electrons. The Bertz CT molecular complexity index is 435. The van der Waals surface area contributed by atoms with Gasteiger partial charge in [-0.1, -0.05) is 12.2 Å². The summed E-state index contributed by atoms with van der Waals surface area (Å²) in [7, 11) is 0. The first-order valence-corrected chi connectivity index (χ1v) is 5.11. The van der Waals surface area contributed by atoms with E-state index in [2.05, 4.69) is 5.32 Å². The Balaban J connectivity index is 2.03. The van der Waals surface area contributed by atoms with Crippen LogP contribution in [0.25, 0.3) is 0 Å². The van der Waals surface area contributed by atoms with Crippen LogP contribution in [-0.2, 0) is 4.79 Å². The van der Waals surface area contributed by atoms with Crippen molar-refractivity contribution < 1.29 is 14.3 Å². The summed E-state index contributed by atoms with van der Waals surface area (Å²) in [6.07, 6.45) is 5.38. The van der Waals surface area contributed by atoms with Gasteiger partial charge in [0.25, 0.3) is 0 Å². The molecule has 0 radical (unpaired) electrons. The summed E-state index contributed by atoms with van der Waals surface area (Å²) in [4.78, 5) is 11.7. The van der Waals surface area contributed by atoms with Crippen molar-refractivity contribution in [1.82, 2.24) is 0 Å². The molecule has 2 rings (SSSR count). The molecule has 0 saturated heterocycles. The fraction of sp³-hybridized carbons (Fsp3) is 0.250. The van der Waals surface area contributed by atoms with E-state index in [1.165, 1.54) is 12.1 Å². The number of allylic oxidation sites excluding steroid dienone is 2. The lowest BCUT2D eigenvalue weighted by atomic mass is 10.1. The van der Waals surface area contributed by atoms with Crippen LogP contribution in [0.2, 0.25) is 0 Å². The smallest absolute Gasteiger partial charge is 0.228 e. The third-order valence-corrected chi connectivity index (χ3v) is 2.59. The molecule has 1 amide bonds. The minimum absolute atomic E-state index is 0.0585. The Hall–Kier alpha value is -1.84. The van der Waals surface area contributed by atoms with Crippen LogP contribution in [0.15, 0.2) is 30.4 Å². The first-order valence-electron chi connectivity index (χ1n) is 5.11. The van der Waals surface area contributed by atoms with Gasteiger partial charge in [0.05, 0.1) is 0 Å². The highest BCUT2D eigenvalue weighted by molar-refractivity contribution is 5.93. The lowest BCUT2D eigenvalue weighted by Gasteiger charge is -2.10. The molecular weight excluding hydrogens is 209 g/mol. The van der Waals surface area contributed by atoms with E-state index in [1.807, 2.05) is 12.2 Å². The molecule has 2 N–H and O–H groups in total. The second kappa shape index (κ2) is 4.35. The Labute approximate surface area is 92.6 Å². The normalized spacial score (nSPS) is 15.3. The molecule has 16 heavy (non-hydrogen) atoms. The van der Waals surface area contributed by atoms with Crippen molar-refractivity contribution in [2.75, 3.05) is 5.32 Å². The number of nitrogens with one attached hydrogen (secondary N) is 1. The summed E-state index contributed by atoms with van der Waals surface area (Å²) in [5.74, 6) is -1.32. The average molecular weight is 221 g/mol. The van der Waals surface area contributed by atoms with E-state index in [9.17, 15) is 9.18 Å². The number of benzene rings is 1. The lowest BCUT2D eigenvalue weighted by molar-refractivity contribution is -0.119. The van der Waals surface area contributed by atoms with Gasteiger partial charge in [-0.25, -0.2) is 4.39 Å². The maximum atomic E-state index is 13.0. The largest absolute Gasteiger partial charge is 0.505 e. The number of phenols is 1. The molecule has 3 nitrogen and oxygen atoms in total. The predicted molar refractivity (Wildman–Crippen MR) is 58.6 cm³/mol. The first kappa shape index (κ1) is 10.7. The van der Waals surface area contributed by atoms with Crippen LogP contribution in [0.3, 0.4) is 0 Å². The van der Waals surface area contributed by atoms with Gasteiger partial charge in [0.1, 0.15) is 0 Å². The minimum Gasteiger partial charge on any atom is -0.505 e. The van der Waals surface area contributed by atoms with Gasteiger partial charge in [0, 0.05) is 17.7 Å². The van der Waals surface area contributed by atoms with Crippen molar-refractivity contribution in [3.05, 3.63) is 36.2 Å². The molecule has 0 fully saturated rings. The summed E-state index contributed by atoms with van der Waals surface area (Å²) in [5.41, 5.74) is 0.368. The highest BCUT2D eigenvalue weighted by Gasteiger charge is 2.19. The van der Waals surface area contributed by atoms with Gasteiger partial charge < -0.3 is 10.4 Å². The fourth-order valence-corrected chi connectivity index (χ4v) is 1.66. The lowest BCUT2D eigenvalue weighted by Crippen LogP contribution is -2.20. The van der Waals surface area contributed by atoms with Crippen molar-refractivity contribution in [2.24, 2.45) is 5.92 Å². The van der Waals surface area contributed by atoms with Gasteiger partial charge in [-0.05, 0) is 25.0 Å². The zero-order chi connectivity index (χ0) is 11.5. The number of carbonyl (C=O) groups is 1. The SMILES string of the molecule is O=C(Nc1ccc(O)c(F)c1)C1CC=CC1. The zero-order valence-corrected chi connectivity index (χ0v) is 8.61. The molecule has 1 aliphatic carbocycles. The van der Waals surface area contributed by atoms with Gasteiger partial charge in [-0.3, -0.25) is 4.79 Å². The summed E-state index contributed by atoms with van der Waals surface area (Å²) in [5, 5.41) is 11.6. The number of hydrogen-bond donors (Lipinski definition) is 2. The maximum Gasteiger partial charge on any atom is 0.228 e. The monoisotopic (exact) mass is 221 g/mol. The minimum atomic E-state index is -0.734. The van der Waals surface area contributed by atoms with Crippen LogP contribution >= 0.6 is 0 Å².